The van der Waals surface area contributed by atoms with Crippen molar-refractivity contribution in [3.05, 3.63) is 11.7 Å². The molecule has 0 aliphatic heterocycles. The molecule has 0 amide bonds. The molecule has 18 heavy (non-hydrogen) atoms. The highest BCUT2D eigenvalue weighted by molar-refractivity contribution is 5.06. The van der Waals surface area contributed by atoms with Crippen LogP contribution < -0.4 is 5.73 Å². The summed E-state index contributed by atoms with van der Waals surface area (Å²) in [4.78, 5) is 4.49. The zero-order valence-electron chi connectivity index (χ0n) is 12.5. The third-order valence-electron chi connectivity index (χ3n) is 2.93. The van der Waals surface area contributed by atoms with E-state index in [9.17, 15) is 0 Å². The van der Waals surface area contributed by atoms with Crippen LogP contribution in [-0.4, -0.2) is 10.1 Å². The normalized spacial score (nSPS) is 13.0. The first-order chi connectivity index (χ1) is 8.24. The number of nitrogens with zero attached hydrogens (tertiary/aromatic N) is 2. The molecule has 0 saturated heterocycles. The van der Waals surface area contributed by atoms with Crippen molar-refractivity contribution in [1.82, 2.24) is 10.1 Å². The Hall–Kier alpha value is -0.900. The van der Waals surface area contributed by atoms with Crippen LogP contribution >= 0.6 is 0 Å². The maximum absolute atomic E-state index is 6.55. The molecule has 0 saturated carbocycles. The molecule has 0 aromatic carbocycles. The summed E-state index contributed by atoms with van der Waals surface area (Å²) in [7, 11) is 0. The summed E-state index contributed by atoms with van der Waals surface area (Å²) in [5.74, 6) is 2.60. The van der Waals surface area contributed by atoms with Gasteiger partial charge < -0.3 is 10.3 Å². The molecule has 1 aromatic rings. The molecule has 4 heteroatoms. The second kappa shape index (κ2) is 5.83. The number of rotatable bonds is 6. The maximum atomic E-state index is 6.55. The fourth-order valence-electron chi connectivity index (χ4n) is 2.39. The van der Waals surface area contributed by atoms with Crippen molar-refractivity contribution in [2.24, 2.45) is 17.6 Å². The Balaban J connectivity index is 3.00. The Bertz CT molecular complexity index is 359. The Morgan fingerprint density at radius 1 is 1.06 bits per heavy atom. The first kappa shape index (κ1) is 15.2. The van der Waals surface area contributed by atoms with Crippen LogP contribution in [0, 0.1) is 11.8 Å². The topological polar surface area (TPSA) is 64.9 Å². The van der Waals surface area contributed by atoms with Gasteiger partial charge in [-0.1, -0.05) is 46.7 Å². The average Bonchev–Trinajstić information content (AvgIpc) is 2.63. The average molecular weight is 253 g/mol. The van der Waals surface area contributed by atoms with Crippen LogP contribution in [-0.2, 0) is 5.54 Å². The molecule has 0 fully saturated rings. The highest BCUT2D eigenvalue weighted by Crippen LogP contribution is 2.31. The van der Waals surface area contributed by atoms with E-state index in [0.717, 1.165) is 12.8 Å². The van der Waals surface area contributed by atoms with Crippen LogP contribution in [0.15, 0.2) is 4.52 Å². The van der Waals surface area contributed by atoms with Gasteiger partial charge in [-0.15, -0.1) is 0 Å². The second-order valence-electron chi connectivity index (χ2n) is 6.46. The Labute approximate surface area is 110 Å². The fourth-order valence-corrected chi connectivity index (χ4v) is 2.39. The number of nitrogens with two attached hydrogens (primary N) is 1. The van der Waals surface area contributed by atoms with Crippen LogP contribution in [0.1, 0.15) is 72.0 Å². The van der Waals surface area contributed by atoms with Crippen molar-refractivity contribution in [3.8, 4) is 0 Å². The zero-order valence-corrected chi connectivity index (χ0v) is 12.5. The molecule has 104 valence electrons. The van der Waals surface area contributed by atoms with Crippen molar-refractivity contribution in [1.29, 1.82) is 0 Å². The van der Waals surface area contributed by atoms with Crippen molar-refractivity contribution < 1.29 is 4.52 Å². The van der Waals surface area contributed by atoms with Crippen LogP contribution in [0.25, 0.3) is 0 Å². The summed E-state index contributed by atoms with van der Waals surface area (Å²) in [6, 6.07) is 0. The van der Waals surface area contributed by atoms with E-state index in [4.69, 9.17) is 10.3 Å². The molecule has 1 aromatic heterocycles. The van der Waals surface area contributed by atoms with Crippen LogP contribution in [0.3, 0.4) is 0 Å². The third kappa shape index (κ3) is 3.80. The molecule has 0 unspecified atom stereocenters. The van der Waals surface area contributed by atoms with Gasteiger partial charge in [0.05, 0.1) is 5.54 Å². The van der Waals surface area contributed by atoms with E-state index in [-0.39, 0.29) is 5.92 Å². The molecule has 0 aliphatic carbocycles. The Kier molecular flexibility index (Phi) is 4.91. The summed E-state index contributed by atoms with van der Waals surface area (Å²) < 4.78 is 5.29. The van der Waals surface area contributed by atoms with Gasteiger partial charge >= 0.3 is 0 Å². The van der Waals surface area contributed by atoms with Gasteiger partial charge in [-0.2, -0.15) is 4.98 Å². The summed E-state index contributed by atoms with van der Waals surface area (Å²) in [5.41, 5.74) is 6.08. The molecule has 4 nitrogen and oxygen atoms in total. The predicted molar refractivity (Wildman–Crippen MR) is 73.2 cm³/mol. The summed E-state index contributed by atoms with van der Waals surface area (Å²) in [6.45, 7) is 12.8. The predicted octanol–water partition coefficient (Wildman–Crippen LogP) is 3.44. The zero-order chi connectivity index (χ0) is 13.9. The Morgan fingerprint density at radius 2 is 1.56 bits per heavy atom. The monoisotopic (exact) mass is 253 g/mol. The van der Waals surface area contributed by atoms with E-state index in [2.05, 4.69) is 37.8 Å². The second-order valence-corrected chi connectivity index (χ2v) is 6.46. The molecule has 0 spiro atoms. The quantitative estimate of drug-likeness (QED) is 0.843. The lowest BCUT2D eigenvalue weighted by Crippen LogP contribution is -2.40. The molecule has 0 atom stereocenters. The van der Waals surface area contributed by atoms with E-state index >= 15 is 0 Å². The molecule has 1 rings (SSSR count). The van der Waals surface area contributed by atoms with Gasteiger partial charge in [0.2, 0.25) is 5.89 Å². The summed E-state index contributed by atoms with van der Waals surface area (Å²) >= 11 is 0. The minimum Gasteiger partial charge on any atom is -0.339 e. The standard InChI is InChI=1S/C14H27N3O/c1-9(2)7-14(15,8-10(3)4)13-16-12(11(5)6)18-17-13/h9-11H,7-8,15H2,1-6H3. The number of hydrogen-bond donors (Lipinski definition) is 1. The molecular weight excluding hydrogens is 226 g/mol. The van der Waals surface area contributed by atoms with Gasteiger partial charge in [0.1, 0.15) is 0 Å². The summed E-state index contributed by atoms with van der Waals surface area (Å²) in [5, 5.41) is 4.10. The van der Waals surface area contributed by atoms with Crippen molar-refractivity contribution in [2.45, 2.75) is 65.8 Å². The largest absolute Gasteiger partial charge is 0.339 e. The van der Waals surface area contributed by atoms with E-state index in [0.29, 0.717) is 23.6 Å². The van der Waals surface area contributed by atoms with Crippen LogP contribution in [0.5, 0.6) is 0 Å². The van der Waals surface area contributed by atoms with Gasteiger partial charge in [-0.25, -0.2) is 0 Å². The van der Waals surface area contributed by atoms with E-state index < -0.39 is 5.54 Å². The molecule has 0 bridgehead atoms. The summed E-state index contributed by atoms with van der Waals surface area (Å²) in [6.07, 6.45) is 1.75. The number of hydrogen-bond acceptors (Lipinski definition) is 4. The first-order valence-electron chi connectivity index (χ1n) is 6.87. The van der Waals surface area contributed by atoms with E-state index in [1.165, 1.54) is 0 Å². The molecular formula is C14H27N3O. The van der Waals surface area contributed by atoms with Crippen molar-refractivity contribution in [3.63, 3.8) is 0 Å². The van der Waals surface area contributed by atoms with E-state index in [1.807, 2.05) is 13.8 Å². The molecule has 2 N–H and O–H groups in total. The fraction of sp³-hybridized carbons (Fsp3) is 0.857. The minimum atomic E-state index is -0.473. The van der Waals surface area contributed by atoms with Crippen LogP contribution in [0.2, 0.25) is 0 Å². The maximum Gasteiger partial charge on any atom is 0.229 e. The van der Waals surface area contributed by atoms with Gasteiger partial charge in [0.25, 0.3) is 0 Å². The van der Waals surface area contributed by atoms with Gasteiger partial charge in [-0.05, 0) is 24.7 Å². The van der Waals surface area contributed by atoms with Gasteiger partial charge in [0.15, 0.2) is 5.82 Å². The van der Waals surface area contributed by atoms with Gasteiger partial charge in [-0.3, -0.25) is 0 Å². The smallest absolute Gasteiger partial charge is 0.229 e. The van der Waals surface area contributed by atoms with Crippen LogP contribution in [0.4, 0.5) is 0 Å². The first-order valence-corrected chi connectivity index (χ1v) is 6.87. The number of aromatic nitrogens is 2. The minimum absolute atomic E-state index is 0.244. The molecule has 0 aliphatic rings. The highest BCUT2D eigenvalue weighted by atomic mass is 16.5. The van der Waals surface area contributed by atoms with Crippen molar-refractivity contribution in [2.75, 3.05) is 0 Å². The van der Waals surface area contributed by atoms with Gasteiger partial charge in [0, 0.05) is 5.92 Å². The highest BCUT2D eigenvalue weighted by Gasteiger charge is 2.34. The lowest BCUT2D eigenvalue weighted by molar-refractivity contribution is 0.262. The third-order valence-corrected chi connectivity index (χ3v) is 2.93. The molecule has 0 radical (unpaired) electrons. The molecule has 1 heterocycles. The Morgan fingerprint density at radius 3 is 1.89 bits per heavy atom. The van der Waals surface area contributed by atoms with Crippen molar-refractivity contribution >= 4 is 0 Å². The SMILES string of the molecule is CC(C)CC(N)(CC(C)C)c1noc(C(C)C)n1. The lowest BCUT2D eigenvalue weighted by Gasteiger charge is -2.29. The van der Waals surface area contributed by atoms with E-state index in [1.54, 1.807) is 0 Å². The lowest BCUT2D eigenvalue weighted by atomic mass is 9.82.